The fourth-order valence-corrected chi connectivity index (χ4v) is 3.78. The van der Waals surface area contributed by atoms with Crippen LogP contribution < -0.4 is 10.6 Å². The van der Waals surface area contributed by atoms with Crippen molar-refractivity contribution in [3.63, 3.8) is 0 Å². The second-order valence-electron chi connectivity index (χ2n) is 7.37. The molecule has 0 aliphatic carbocycles. The first-order chi connectivity index (χ1) is 12.0. The van der Waals surface area contributed by atoms with Gasteiger partial charge < -0.3 is 15.5 Å². The molecule has 1 aliphatic rings. The van der Waals surface area contributed by atoms with Gasteiger partial charge in [-0.3, -0.25) is 9.79 Å². The van der Waals surface area contributed by atoms with Crippen LogP contribution in [-0.2, 0) is 11.3 Å². The first-order valence-electron chi connectivity index (χ1n) is 9.28. The number of anilines is 1. The Kier molecular flexibility index (Phi) is 9.39. The van der Waals surface area contributed by atoms with E-state index in [9.17, 15) is 4.79 Å². The van der Waals surface area contributed by atoms with Crippen LogP contribution in [0.5, 0.6) is 0 Å². The Bertz CT molecular complexity index is 616. The molecule has 26 heavy (non-hydrogen) atoms. The predicted molar refractivity (Wildman–Crippen MR) is 120 cm³/mol. The molecule has 2 rings (SSSR count). The number of amides is 1. The number of carbonyl (C=O) groups excluding carboxylic acids is 1. The van der Waals surface area contributed by atoms with Crippen LogP contribution in [0.15, 0.2) is 29.3 Å². The molecule has 1 fully saturated rings. The second kappa shape index (κ2) is 10.7. The number of hydrogen-bond donors (Lipinski definition) is 2. The van der Waals surface area contributed by atoms with Crippen LogP contribution in [-0.4, -0.2) is 36.9 Å². The average Bonchev–Trinajstić information content (AvgIpc) is 2.55. The summed E-state index contributed by atoms with van der Waals surface area (Å²) in [6.45, 7) is 9.00. The Morgan fingerprint density at radius 1 is 1.38 bits per heavy atom. The molecule has 1 unspecified atom stereocenters. The summed E-state index contributed by atoms with van der Waals surface area (Å²) in [5, 5.41) is 6.31. The summed E-state index contributed by atoms with van der Waals surface area (Å²) in [5.74, 6) is 0.913. The molecule has 0 aromatic heterocycles. The van der Waals surface area contributed by atoms with E-state index in [1.54, 1.807) is 0 Å². The summed E-state index contributed by atoms with van der Waals surface area (Å²) in [6.07, 6.45) is 5.01. The molecule has 1 amide bonds. The summed E-state index contributed by atoms with van der Waals surface area (Å²) >= 11 is 0. The van der Waals surface area contributed by atoms with Crippen LogP contribution in [0, 0.1) is 5.41 Å². The minimum absolute atomic E-state index is 0. The lowest BCUT2D eigenvalue weighted by molar-refractivity contribution is -0.114. The van der Waals surface area contributed by atoms with Gasteiger partial charge in [0.25, 0.3) is 0 Å². The lowest BCUT2D eigenvalue weighted by atomic mass is 9.78. The highest BCUT2D eigenvalue weighted by molar-refractivity contribution is 14.0. The lowest BCUT2D eigenvalue weighted by Crippen LogP contribution is -2.49. The molecule has 1 heterocycles. The SMILES string of the molecule is CCCC1(C)CCCN(C(=NC)NCc2cccc(NC(C)=O)c2)C1.I. The minimum atomic E-state index is -0.0514. The predicted octanol–water partition coefficient (Wildman–Crippen LogP) is 4.24. The maximum atomic E-state index is 11.2. The standard InChI is InChI=1S/C20H32N4O.HI/c1-5-10-20(3)11-7-12-24(15-20)19(21-4)22-14-17-8-6-9-18(13-17)23-16(2)25;/h6,8-9,13H,5,7,10-12,14-15H2,1-4H3,(H,21,22)(H,23,25);1H. The number of nitrogens with zero attached hydrogens (tertiary/aromatic N) is 2. The number of piperidine rings is 1. The quantitative estimate of drug-likeness (QED) is 0.383. The Morgan fingerprint density at radius 3 is 2.81 bits per heavy atom. The number of likely N-dealkylation sites (tertiary alicyclic amines) is 1. The maximum absolute atomic E-state index is 11.2. The van der Waals surface area contributed by atoms with Crippen LogP contribution >= 0.6 is 24.0 Å². The van der Waals surface area contributed by atoms with Gasteiger partial charge in [-0.2, -0.15) is 0 Å². The number of guanidine groups is 1. The van der Waals surface area contributed by atoms with Crippen molar-refractivity contribution in [1.29, 1.82) is 0 Å². The summed E-state index contributed by atoms with van der Waals surface area (Å²) in [5.41, 5.74) is 2.34. The van der Waals surface area contributed by atoms with E-state index < -0.39 is 0 Å². The Balaban J connectivity index is 0.00000338. The van der Waals surface area contributed by atoms with Gasteiger partial charge in [-0.15, -0.1) is 24.0 Å². The molecule has 0 spiro atoms. The number of rotatable bonds is 5. The highest BCUT2D eigenvalue weighted by atomic mass is 127. The zero-order chi connectivity index (χ0) is 18.3. The first-order valence-corrected chi connectivity index (χ1v) is 9.28. The van der Waals surface area contributed by atoms with Gasteiger partial charge in [-0.25, -0.2) is 0 Å². The third kappa shape index (κ3) is 6.78. The molecule has 146 valence electrons. The highest BCUT2D eigenvalue weighted by Gasteiger charge is 2.31. The van der Waals surface area contributed by atoms with Crippen molar-refractivity contribution in [1.82, 2.24) is 10.2 Å². The van der Waals surface area contributed by atoms with E-state index in [2.05, 4.69) is 40.4 Å². The molecule has 0 radical (unpaired) electrons. The summed E-state index contributed by atoms with van der Waals surface area (Å²) < 4.78 is 0. The summed E-state index contributed by atoms with van der Waals surface area (Å²) in [6, 6.07) is 7.92. The van der Waals surface area contributed by atoms with Gasteiger partial charge in [-0.1, -0.05) is 32.4 Å². The monoisotopic (exact) mass is 472 g/mol. The van der Waals surface area contributed by atoms with E-state index in [1.807, 2.05) is 25.2 Å². The van der Waals surface area contributed by atoms with Crippen molar-refractivity contribution < 1.29 is 4.79 Å². The van der Waals surface area contributed by atoms with Crippen molar-refractivity contribution in [3.05, 3.63) is 29.8 Å². The normalized spacial score (nSPS) is 20.3. The van der Waals surface area contributed by atoms with Gasteiger partial charge >= 0.3 is 0 Å². The van der Waals surface area contributed by atoms with Crippen LogP contribution in [0.2, 0.25) is 0 Å². The van der Waals surface area contributed by atoms with Crippen LogP contribution in [0.25, 0.3) is 0 Å². The van der Waals surface area contributed by atoms with E-state index in [4.69, 9.17) is 0 Å². The molecule has 2 N–H and O–H groups in total. The molecule has 1 aromatic rings. The van der Waals surface area contributed by atoms with E-state index in [1.165, 1.54) is 32.6 Å². The molecule has 0 saturated carbocycles. The van der Waals surface area contributed by atoms with E-state index in [0.29, 0.717) is 12.0 Å². The Morgan fingerprint density at radius 2 is 2.15 bits per heavy atom. The largest absolute Gasteiger partial charge is 0.352 e. The lowest BCUT2D eigenvalue weighted by Gasteiger charge is -2.42. The van der Waals surface area contributed by atoms with Gasteiger partial charge in [0.05, 0.1) is 0 Å². The molecule has 1 aliphatic heterocycles. The third-order valence-electron chi connectivity index (χ3n) is 4.84. The van der Waals surface area contributed by atoms with Gasteiger partial charge in [0.15, 0.2) is 5.96 Å². The zero-order valence-corrected chi connectivity index (χ0v) is 18.8. The molecule has 1 aromatic carbocycles. The molecular weight excluding hydrogens is 439 g/mol. The summed E-state index contributed by atoms with van der Waals surface area (Å²) in [4.78, 5) is 18.1. The summed E-state index contributed by atoms with van der Waals surface area (Å²) in [7, 11) is 1.85. The fraction of sp³-hybridized carbons (Fsp3) is 0.600. The van der Waals surface area contributed by atoms with Gasteiger partial charge in [0.1, 0.15) is 0 Å². The topological polar surface area (TPSA) is 56.7 Å². The number of benzene rings is 1. The van der Waals surface area contributed by atoms with Crippen molar-refractivity contribution in [2.75, 3.05) is 25.5 Å². The number of hydrogen-bond acceptors (Lipinski definition) is 2. The highest BCUT2D eigenvalue weighted by Crippen LogP contribution is 2.33. The van der Waals surface area contributed by atoms with Gasteiger partial charge in [0, 0.05) is 39.3 Å². The average molecular weight is 472 g/mol. The van der Waals surface area contributed by atoms with E-state index in [0.717, 1.165) is 30.3 Å². The maximum Gasteiger partial charge on any atom is 0.221 e. The Labute approximate surface area is 175 Å². The minimum Gasteiger partial charge on any atom is -0.352 e. The van der Waals surface area contributed by atoms with Crippen molar-refractivity contribution in [3.8, 4) is 0 Å². The molecule has 5 nitrogen and oxygen atoms in total. The second-order valence-corrected chi connectivity index (χ2v) is 7.37. The smallest absolute Gasteiger partial charge is 0.221 e. The fourth-order valence-electron chi connectivity index (χ4n) is 3.78. The first kappa shape index (κ1) is 22.7. The molecule has 1 saturated heterocycles. The van der Waals surface area contributed by atoms with E-state index >= 15 is 0 Å². The van der Waals surface area contributed by atoms with Crippen LogP contribution in [0.3, 0.4) is 0 Å². The van der Waals surface area contributed by atoms with Crippen LogP contribution in [0.4, 0.5) is 5.69 Å². The molecule has 1 atom stereocenters. The molecular formula is C20H33IN4O. The van der Waals surface area contributed by atoms with Gasteiger partial charge in [-0.05, 0) is 42.4 Å². The van der Waals surface area contributed by atoms with Crippen molar-refractivity contribution >= 4 is 41.5 Å². The van der Waals surface area contributed by atoms with Crippen LogP contribution in [0.1, 0.15) is 52.0 Å². The van der Waals surface area contributed by atoms with Crippen molar-refractivity contribution in [2.24, 2.45) is 10.4 Å². The number of halogens is 1. The number of aliphatic imine (C=N–C) groups is 1. The Hall–Kier alpha value is -1.31. The molecule has 6 heteroatoms. The third-order valence-corrected chi connectivity index (χ3v) is 4.84. The van der Waals surface area contributed by atoms with Gasteiger partial charge in [0.2, 0.25) is 5.91 Å². The van der Waals surface area contributed by atoms with E-state index in [-0.39, 0.29) is 29.9 Å². The zero-order valence-electron chi connectivity index (χ0n) is 16.5. The molecule has 0 bridgehead atoms. The van der Waals surface area contributed by atoms with Crippen molar-refractivity contribution in [2.45, 2.75) is 53.0 Å². The number of nitrogens with one attached hydrogen (secondary N) is 2. The number of carbonyl (C=O) groups is 1.